The van der Waals surface area contributed by atoms with Gasteiger partial charge in [0.2, 0.25) is 0 Å². The number of halogens is 4. The van der Waals surface area contributed by atoms with E-state index in [1.165, 1.54) is 11.2 Å². The summed E-state index contributed by atoms with van der Waals surface area (Å²) >= 11 is 0. The Morgan fingerprint density at radius 3 is 2.43 bits per heavy atom. The van der Waals surface area contributed by atoms with Gasteiger partial charge in [0.15, 0.2) is 17.2 Å². The lowest BCUT2D eigenvalue weighted by Gasteiger charge is -2.49. The van der Waals surface area contributed by atoms with Crippen molar-refractivity contribution in [1.82, 2.24) is 9.97 Å². The van der Waals surface area contributed by atoms with Crippen LogP contribution in [0.4, 0.5) is 23.4 Å². The first-order valence-electron chi connectivity index (χ1n) is 6.75. The molecule has 3 rings (SSSR count). The Bertz CT molecular complexity index is 539. The summed E-state index contributed by atoms with van der Waals surface area (Å²) in [5.41, 5.74) is -1.92. The molecule has 1 aromatic rings. The zero-order valence-corrected chi connectivity index (χ0v) is 11.5. The molecule has 4 nitrogen and oxygen atoms in total. The summed E-state index contributed by atoms with van der Waals surface area (Å²) in [6.45, 7) is -0.907. The summed E-state index contributed by atoms with van der Waals surface area (Å²) in [7, 11) is 1.01. The summed E-state index contributed by atoms with van der Waals surface area (Å²) < 4.78 is 57.8. The van der Waals surface area contributed by atoms with Crippen LogP contribution in [0.5, 0.6) is 0 Å². The molecule has 0 N–H and O–H groups in total. The van der Waals surface area contributed by atoms with Crippen LogP contribution in [0.25, 0.3) is 0 Å². The third-order valence-corrected chi connectivity index (χ3v) is 4.39. The van der Waals surface area contributed by atoms with Gasteiger partial charge in [-0.1, -0.05) is 6.42 Å². The van der Waals surface area contributed by atoms with Crippen LogP contribution in [0, 0.1) is 5.82 Å². The van der Waals surface area contributed by atoms with Crippen LogP contribution in [0.3, 0.4) is 0 Å². The molecule has 0 atom stereocenters. The van der Waals surface area contributed by atoms with Gasteiger partial charge < -0.3 is 9.64 Å². The van der Waals surface area contributed by atoms with Gasteiger partial charge in [0.1, 0.15) is 6.33 Å². The molecule has 1 aromatic heterocycles. The molecule has 116 valence electrons. The van der Waals surface area contributed by atoms with Crippen molar-refractivity contribution in [3.63, 3.8) is 0 Å². The molecule has 21 heavy (non-hydrogen) atoms. The SMILES string of the molecule is COC1(C(F)(F)F)CN(c2ncnc(C3CCC3)c2F)C1. The summed E-state index contributed by atoms with van der Waals surface area (Å²) in [5.74, 6) is -0.610. The minimum Gasteiger partial charge on any atom is -0.365 e. The molecule has 1 aliphatic heterocycles. The fourth-order valence-corrected chi connectivity index (χ4v) is 2.70. The Balaban J connectivity index is 1.81. The largest absolute Gasteiger partial charge is 0.420 e. The van der Waals surface area contributed by atoms with Gasteiger partial charge in [-0.25, -0.2) is 14.4 Å². The Hall–Kier alpha value is -1.44. The van der Waals surface area contributed by atoms with Crippen molar-refractivity contribution in [2.45, 2.75) is 37.0 Å². The van der Waals surface area contributed by atoms with E-state index in [2.05, 4.69) is 14.7 Å². The van der Waals surface area contributed by atoms with Crippen LogP contribution >= 0.6 is 0 Å². The van der Waals surface area contributed by atoms with E-state index in [1.807, 2.05) is 0 Å². The van der Waals surface area contributed by atoms with E-state index in [0.717, 1.165) is 26.4 Å². The van der Waals surface area contributed by atoms with Gasteiger partial charge in [-0.15, -0.1) is 0 Å². The second-order valence-electron chi connectivity index (χ2n) is 5.58. The van der Waals surface area contributed by atoms with Crippen LogP contribution in [0.15, 0.2) is 6.33 Å². The molecular weight excluding hydrogens is 290 g/mol. The van der Waals surface area contributed by atoms with Crippen molar-refractivity contribution in [2.24, 2.45) is 0 Å². The van der Waals surface area contributed by atoms with E-state index in [4.69, 9.17) is 0 Å². The summed E-state index contributed by atoms with van der Waals surface area (Å²) in [5, 5.41) is 0. The lowest BCUT2D eigenvalue weighted by Crippen LogP contribution is -2.70. The smallest absolute Gasteiger partial charge is 0.365 e. The molecule has 0 amide bonds. The van der Waals surface area contributed by atoms with Crippen molar-refractivity contribution in [1.29, 1.82) is 0 Å². The Morgan fingerprint density at radius 1 is 1.29 bits per heavy atom. The molecule has 1 saturated heterocycles. The van der Waals surface area contributed by atoms with E-state index in [0.29, 0.717) is 5.69 Å². The minimum absolute atomic E-state index is 0.0582. The van der Waals surface area contributed by atoms with Crippen molar-refractivity contribution >= 4 is 5.82 Å². The zero-order valence-electron chi connectivity index (χ0n) is 11.5. The van der Waals surface area contributed by atoms with Gasteiger partial charge in [0.25, 0.3) is 0 Å². The number of hydrogen-bond donors (Lipinski definition) is 0. The van der Waals surface area contributed by atoms with Gasteiger partial charge in [-0.2, -0.15) is 13.2 Å². The maximum absolute atomic E-state index is 14.4. The van der Waals surface area contributed by atoms with Gasteiger partial charge in [0.05, 0.1) is 18.8 Å². The molecule has 1 aliphatic carbocycles. The lowest BCUT2D eigenvalue weighted by molar-refractivity contribution is -0.277. The number of rotatable bonds is 3. The summed E-state index contributed by atoms with van der Waals surface area (Å²) in [6, 6.07) is 0. The fourth-order valence-electron chi connectivity index (χ4n) is 2.70. The van der Waals surface area contributed by atoms with Gasteiger partial charge in [-0.3, -0.25) is 0 Å². The van der Waals surface area contributed by atoms with Crippen molar-refractivity contribution in [3.05, 3.63) is 17.8 Å². The first kappa shape index (κ1) is 14.5. The minimum atomic E-state index is -4.49. The van der Waals surface area contributed by atoms with Gasteiger partial charge in [-0.05, 0) is 12.8 Å². The van der Waals surface area contributed by atoms with E-state index in [1.54, 1.807) is 0 Å². The number of methoxy groups -OCH3 is 1. The Labute approximate surface area is 119 Å². The molecule has 0 aromatic carbocycles. The second-order valence-corrected chi connectivity index (χ2v) is 5.58. The highest BCUT2D eigenvalue weighted by Crippen LogP contribution is 2.43. The highest BCUT2D eigenvalue weighted by atomic mass is 19.4. The third kappa shape index (κ3) is 2.16. The summed E-state index contributed by atoms with van der Waals surface area (Å²) in [6.07, 6.45) is -0.533. The normalized spacial score (nSPS) is 21.9. The molecule has 2 heterocycles. The maximum Gasteiger partial charge on any atom is 0.420 e. The van der Waals surface area contributed by atoms with Gasteiger partial charge >= 0.3 is 6.18 Å². The molecule has 2 fully saturated rings. The number of nitrogens with zero attached hydrogens (tertiary/aromatic N) is 3. The lowest BCUT2D eigenvalue weighted by atomic mass is 9.82. The van der Waals surface area contributed by atoms with Crippen LogP contribution in [-0.4, -0.2) is 41.9 Å². The maximum atomic E-state index is 14.4. The predicted octanol–water partition coefficient (Wildman–Crippen LogP) is 2.65. The summed E-state index contributed by atoms with van der Waals surface area (Å²) in [4.78, 5) is 8.99. The number of anilines is 1. The average Bonchev–Trinajstić information content (AvgIpc) is 2.28. The van der Waals surface area contributed by atoms with Crippen LogP contribution in [0.1, 0.15) is 30.9 Å². The number of ether oxygens (including phenoxy) is 1. The van der Waals surface area contributed by atoms with Crippen LogP contribution in [0.2, 0.25) is 0 Å². The molecule has 0 spiro atoms. The van der Waals surface area contributed by atoms with E-state index in [9.17, 15) is 17.6 Å². The monoisotopic (exact) mass is 305 g/mol. The molecule has 0 unspecified atom stereocenters. The first-order chi connectivity index (χ1) is 9.88. The average molecular weight is 305 g/mol. The fraction of sp³-hybridized carbons (Fsp3) is 0.692. The first-order valence-corrected chi connectivity index (χ1v) is 6.75. The standard InChI is InChI=1S/C13H15F4N3O/c1-21-12(13(15,16)17)5-20(6-12)11-9(14)10(18-7-19-11)8-3-2-4-8/h7-8H,2-6H2,1H3. The van der Waals surface area contributed by atoms with Crippen LogP contribution < -0.4 is 4.90 Å². The molecular formula is C13H15F4N3O. The van der Waals surface area contributed by atoms with Crippen molar-refractivity contribution in [2.75, 3.05) is 25.1 Å². The third-order valence-electron chi connectivity index (χ3n) is 4.39. The van der Waals surface area contributed by atoms with Crippen molar-refractivity contribution in [3.8, 4) is 0 Å². The number of alkyl halides is 3. The van der Waals surface area contributed by atoms with E-state index in [-0.39, 0.29) is 11.7 Å². The molecule has 0 radical (unpaired) electrons. The van der Waals surface area contributed by atoms with Crippen molar-refractivity contribution < 1.29 is 22.3 Å². The molecule has 2 aliphatic rings. The zero-order chi connectivity index (χ0) is 15.3. The van der Waals surface area contributed by atoms with Gasteiger partial charge in [0, 0.05) is 13.0 Å². The predicted molar refractivity (Wildman–Crippen MR) is 66.6 cm³/mol. The number of aromatic nitrogens is 2. The highest BCUT2D eigenvalue weighted by Gasteiger charge is 2.63. The van der Waals surface area contributed by atoms with E-state index >= 15 is 0 Å². The quantitative estimate of drug-likeness (QED) is 0.805. The molecule has 0 bridgehead atoms. The highest BCUT2D eigenvalue weighted by molar-refractivity contribution is 5.47. The van der Waals surface area contributed by atoms with E-state index < -0.39 is 30.7 Å². The topological polar surface area (TPSA) is 38.2 Å². The molecule has 8 heteroatoms. The number of hydrogen-bond acceptors (Lipinski definition) is 4. The molecule has 1 saturated carbocycles. The Morgan fingerprint density at radius 2 is 1.95 bits per heavy atom. The Kier molecular flexibility index (Phi) is 3.31. The second kappa shape index (κ2) is 4.79. The van der Waals surface area contributed by atoms with Crippen LogP contribution in [-0.2, 0) is 4.74 Å².